The number of ketones is 1. The zero-order valence-corrected chi connectivity index (χ0v) is 20.2. The third kappa shape index (κ3) is 4.38. The Morgan fingerprint density at radius 2 is 1.74 bits per heavy atom. The summed E-state index contributed by atoms with van der Waals surface area (Å²) in [5, 5.41) is 21.5. The van der Waals surface area contributed by atoms with Crippen LogP contribution in [0.25, 0.3) is 5.76 Å². The quantitative estimate of drug-likeness (QED) is 0.278. The van der Waals surface area contributed by atoms with Gasteiger partial charge in [0.2, 0.25) is 0 Å². The number of ether oxygens (including phenoxy) is 2. The Balaban J connectivity index is 1.95. The molecule has 2 heterocycles. The van der Waals surface area contributed by atoms with Crippen molar-refractivity contribution < 1.29 is 29.3 Å². The fourth-order valence-corrected chi connectivity index (χ4v) is 4.75. The largest absolute Gasteiger partial charge is 0.508 e. The van der Waals surface area contributed by atoms with Crippen LogP contribution in [0.15, 0.2) is 60.4 Å². The molecule has 1 aliphatic heterocycles. The maximum absolute atomic E-state index is 13.3. The molecule has 1 saturated heterocycles. The van der Waals surface area contributed by atoms with Crippen molar-refractivity contribution in [3.05, 3.63) is 87.2 Å². The van der Waals surface area contributed by atoms with Gasteiger partial charge >= 0.3 is 0 Å². The van der Waals surface area contributed by atoms with E-state index < -0.39 is 23.5 Å². The molecule has 0 aliphatic carbocycles. The van der Waals surface area contributed by atoms with E-state index in [1.54, 1.807) is 36.7 Å². The topological polar surface area (TPSA) is 109 Å². The molecule has 1 aromatic heterocycles. The van der Waals surface area contributed by atoms with Gasteiger partial charge < -0.3 is 24.6 Å². The van der Waals surface area contributed by atoms with Gasteiger partial charge in [0.25, 0.3) is 11.7 Å². The molecule has 2 N–H and O–H groups in total. The number of pyridine rings is 1. The van der Waals surface area contributed by atoms with E-state index in [2.05, 4.69) is 4.98 Å². The summed E-state index contributed by atoms with van der Waals surface area (Å²) < 4.78 is 10.6. The molecule has 180 valence electrons. The first-order chi connectivity index (χ1) is 16.8. The molecule has 8 nitrogen and oxygen atoms in total. The SMILES string of the molecule is COc1c(Cl)cc(/C(O)=C2\C(=O)C(=O)N(Cc3ccncc3)C2c2cccc(O)c2)c(OC)c1Cl. The second-order valence-corrected chi connectivity index (χ2v) is 8.45. The average Bonchev–Trinajstić information content (AvgIpc) is 3.09. The Morgan fingerprint density at radius 1 is 1.06 bits per heavy atom. The van der Waals surface area contributed by atoms with E-state index in [4.69, 9.17) is 32.7 Å². The predicted octanol–water partition coefficient (Wildman–Crippen LogP) is 4.73. The molecule has 1 unspecified atom stereocenters. The number of likely N-dealkylation sites (tertiary alicyclic amines) is 1. The van der Waals surface area contributed by atoms with Gasteiger partial charge in [-0.15, -0.1) is 0 Å². The number of phenolic OH excluding ortho intramolecular Hbond substituents is 1. The molecule has 1 atom stereocenters. The number of methoxy groups -OCH3 is 2. The van der Waals surface area contributed by atoms with Crippen LogP contribution in [0.2, 0.25) is 10.0 Å². The number of aromatic nitrogens is 1. The lowest BCUT2D eigenvalue weighted by Gasteiger charge is -2.25. The molecule has 1 fully saturated rings. The smallest absolute Gasteiger partial charge is 0.295 e. The van der Waals surface area contributed by atoms with E-state index in [0.29, 0.717) is 5.56 Å². The molecule has 3 aromatic rings. The fourth-order valence-electron chi connectivity index (χ4n) is 4.06. The number of rotatable bonds is 6. The number of carbonyl (C=O) groups is 2. The Kier molecular flexibility index (Phi) is 6.86. The maximum atomic E-state index is 13.3. The molecule has 2 aromatic carbocycles. The van der Waals surface area contributed by atoms with Crippen LogP contribution in [0.5, 0.6) is 17.2 Å². The van der Waals surface area contributed by atoms with Crippen LogP contribution in [0.3, 0.4) is 0 Å². The van der Waals surface area contributed by atoms with Crippen molar-refractivity contribution in [1.82, 2.24) is 9.88 Å². The van der Waals surface area contributed by atoms with Crippen molar-refractivity contribution >= 4 is 40.7 Å². The zero-order chi connectivity index (χ0) is 25.3. The third-order valence-electron chi connectivity index (χ3n) is 5.62. The van der Waals surface area contributed by atoms with Crippen molar-refractivity contribution in [2.24, 2.45) is 0 Å². The fraction of sp³-hybridized carbons (Fsp3) is 0.160. The number of benzene rings is 2. The molecule has 0 spiro atoms. The van der Waals surface area contributed by atoms with Crippen LogP contribution in [0.4, 0.5) is 0 Å². The molecule has 4 rings (SSSR count). The normalized spacial score (nSPS) is 17.0. The molecule has 0 radical (unpaired) electrons. The first-order valence-electron chi connectivity index (χ1n) is 10.3. The second kappa shape index (κ2) is 9.85. The minimum atomic E-state index is -1.01. The van der Waals surface area contributed by atoms with E-state index in [1.165, 1.54) is 37.3 Å². The highest BCUT2D eigenvalue weighted by atomic mass is 35.5. The Bertz CT molecular complexity index is 1340. The van der Waals surface area contributed by atoms with E-state index in [-0.39, 0.29) is 45.0 Å². The van der Waals surface area contributed by atoms with Crippen LogP contribution in [0.1, 0.15) is 22.7 Å². The number of aliphatic hydroxyl groups excluding tert-OH is 1. The standard InChI is InChI=1S/C25H20Cl2N2O6/c1-34-23-16(11-17(26)24(35-2)19(23)27)21(31)18-20(14-4-3-5-15(30)10-14)29(25(33)22(18)32)12-13-6-8-28-9-7-13/h3-11,20,30-31H,12H2,1-2H3/b21-18+. The van der Waals surface area contributed by atoms with Gasteiger partial charge in [0.15, 0.2) is 11.5 Å². The monoisotopic (exact) mass is 514 g/mol. The van der Waals surface area contributed by atoms with E-state index in [1.807, 2.05) is 0 Å². The van der Waals surface area contributed by atoms with E-state index >= 15 is 0 Å². The number of hydrogen-bond donors (Lipinski definition) is 2. The van der Waals surface area contributed by atoms with Crippen molar-refractivity contribution in [3.8, 4) is 17.2 Å². The number of Topliss-reactive ketones (excluding diaryl/α,β-unsaturated/α-hetero) is 1. The van der Waals surface area contributed by atoms with E-state index in [9.17, 15) is 19.8 Å². The first-order valence-corrected chi connectivity index (χ1v) is 11.1. The summed E-state index contributed by atoms with van der Waals surface area (Å²) in [5.41, 5.74) is 0.949. The van der Waals surface area contributed by atoms with Crippen LogP contribution in [0, 0.1) is 0 Å². The van der Waals surface area contributed by atoms with Gasteiger partial charge in [-0.25, -0.2) is 0 Å². The van der Waals surface area contributed by atoms with Gasteiger partial charge in [0, 0.05) is 18.9 Å². The number of hydrogen-bond acceptors (Lipinski definition) is 7. The molecular formula is C25H20Cl2N2O6. The number of aliphatic hydroxyl groups is 1. The minimum Gasteiger partial charge on any atom is -0.508 e. The number of amides is 1. The lowest BCUT2D eigenvalue weighted by atomic mass is 9.94. The Hall–Kier alpha value is -3.75. The zero-order valence-electron chi connectivity index (χ0n) is 18.7. The molecule has 1 aliphatic rings. The van der Waals surface area contributed by atoms with Crippen LogP contribution in [-0.2, 0) is 16.1 Å². The molecular weight excluding hydrogens is 495 g/mol. The number of phenols is 1. The molecule has 0 saturated carbocycles. The average molecular weight is 515 g/mol. The number of halogens is 2. The molecule has 1 amide bonds. The lowest BCUT2D eigenvalue weighted by molar-refractivity contribution is -0.140. The summed E-state index contributed by atoms with van der Waals surface area (Å²) in [7, 11) is 2.71. The summed E-state index contributed by atoms with van der Waals surface area (Å²) in [4.78, 5) is 31.7. The van der Waals surface area contributed by atoms with Gasteiger partial charge in [-0.2, -0.15) is 0 Å². The number of carbonyl (C=O) groups excluding carboxylic acids is 2. The summed E-state index contributed by atoms with van der Waals surface area (Å²) in [6.45, 7) is 0.0610. The predicted molar refractivity (Wildman–Crippen MR) is 130 cm³/mol. The van der Waals surface area contributed by atoms with Crippen molar-refractivity contribution in [3.63, 3.8) is 0 Å². The highest BCUT2D eigenvalue weighted by Gasteiger charge is 2.46. The van der Waals surface area contributed by atoms with Crippen LogP contribution in [-0.4, -0.2) is 46.0 Å². The molecule has 0 bridgehead atoms. The summed E-state index contributed by atoms with van der Waals surface area (Å²) in [6, 6.07) is 9.87. The van der Waals surface area contributed by atoms with Gasteiger partial charge in [0.05, 0.1) is 36.4 Å². The maximum Gasteiger partial charge on any atom is 0.295 e. The van der Waals surface area contributed by atoms with Gasteiger partial charge in [-0.1, -0.05) is 35.3 Å². The van der Waals surface area contributed by atoms with Gasteiger partial charge in [-0.05, 0) is 41.5 Å². The molecule has 10 heteroatoms. The Morgan fingerprint density at radius 3 is 2.37 bits per heavy atom. The van der Waals surface area contributed by atoms with Gasteiger partial charge in [0.1, 0.15) is 16.5 Å². The van der Waals surface area contributed by atoms with E-state index in [0.717, 1.165) is 5.56 Å². The van der Waals surface area contributed by atoms with Crippen molar-refractivity contribution in [2.75, 3.05) is 14.2 Å². The third-order valence-corrected chi connectivity index (χ3v) is 6.25. The molecule has 35 heavy (non-hydrogen) atoms. The van der Waals surface area contributed by atoms with Crippen LogP contribution < -0.4 is 9.47 Å². The van der Waals surface area contributed by atoms with Gasteiger partial charge in [-0.3, -0.25) is 14.6 Å². The van der Waals surface area contributed by atoms with Crippen LogP contribution >= 0.6 is 23.2 Å². The van der Waals surface area contributed by atoms with Crippen molar-refractivity contribution in [2.45, 2.75) is 12.6 Å². The Labute approximate surface area is 210 Å². The number of aromatic hydroxyl groups is 1. The summed E-state index contributed by atoms with van der Waals surface area (Å²) in [6.07, 6.45) is 3.14. The van der Waals surface area contributed by atoms with Crippen molar-refractivity contribution in [1.29, 1.82) is 0 Å². The minimum absolute atomic E-state index is 0.00960. The summed E-state index contributed by atoms with van der Waals surface area (Å²) in [5.74, 6) is -2.18. The number of nitrogens with zero attached hydrogens (tertiary/aromatic N) is 2. The highest BCUT2D eigenvalue weighted by Crippen LogP contribution is 2.47. The second-order valence-electron chi connectivity index (χ2n) is 7.66. The highest BCUT2D eigenvalue weighted by molar-refractivity contribution is 6.47. The summed E-state index contributed by atoms with van der Waals surface area (Å²) >= 11 is 12.7. The first kappa shape index (κ1) is 24.4. The lowest BCUT2D eigenvalue weighted by Crippen LogP contribution is -2.29.